The number of likely N-dealkylation sites (N-methyl/N-ethyl adjacent to an activating group) is 1. The van der Waals surface area contributed by atoms with Gasteiger partial charge in [-0.25, -0.2) is 8.42 Å². The van der Waals surface area contributed by atoms with E-state index in [1.807, 2.05) is 19.1 Å². The molecule has 0 aliphatic rings. The van der Waals surface area contributed by atoms with Gasteiger partial charge in [-0.3, -0.25) is 4.79 Å². The fraction of sp³-hybridized carbons (Fsp3) is 0.562. The molecule has 1 amide bonds. The van der Waals surface area contributed by atoms with Crippen LogP contribution in [0.2, 0.25) is 5.02 Å². The van der Waals surface area contributed by atoms with Gasteiger partial charge in [0, 0.05) is 25.2 Å². The van der Waals surface area contributed by atoms with E-state index in [9.17, 15) is 13.2 Å². The number of amides is 1. The molecule has 0 radical (unpaired) electrons. The minimum absolute atomic E-state index is 0.118. The summed E-state index contributed by atoms with van der Waals surface area (Å²) in [5.74, 6) is -0.181. The summed E-state index contributed by atoms with van der Waals surface area (Å²) in [6.07, 6.45) is 3.57. The highest BCUT2D eigenvalue weighted by molar-refractivity contribution is 7.88. The SMILES string of the molecule is CCCCN(C)C(=O)CN(CCc1ccc(Cl)cc1)S(C)(=O)=O. The van der Waals surface area contributed by atoms with Crippen LogP contribution in [0.15, 0.2) is 24.3 Å². The van der Waals surface area contributed by atoms with Crippen LogP contribution in [0, 0.1) is 0 Å². The van der Waals surface area contributed by atoms with Gasteiger partial charge in [0.05, 0.1) is 12.8 Å². The molecule has 130 valence electrons. The summed E-state index contributed by atoms with van der Waals surface area (Å²) < 4.78 is 25.1. The molecule has 0 unspecified atom stereocenters. The number of unbranched alkanes of at least 4 members (excludes halogenated alkanes) is 1. The van der Waals surface area contributed by atoms with E-state index in [2.05, 4.69) is 0 Å². The summed E-state index contributed by atoms with van der Waals surface area (Å²) in [7, 11) is -1.73. The minimum Gasteiger partial charge on any atom is -0.345 e. The average Bonchev–Trinajstić information content (AvgIpc) is 2.49. The molecular weight excluding hydrogens is 336 g/mol. The van der Waals surface area contributed by atoms with Crippen molar-refractivity contribution >= 4 is 27.5 Å². The van der Waals surface area contributed by atoms with E-state index in [1.165, 1.54) is 4.31 Å². The molecule has 1 aromatic rings. The zero-order chi connectivity index (χ0) is 17.5. The maximum Gasteiger partial charge on any atom is 0.237 e. The lowest BCUT2D eigenvalue weighted by Gasteiger charge is -2.23. The fourth-order valence-electron chi connectivity index (χ4n) is 2.06. The second-order valence-electron chi connectivity index (χ2n) is 5.64. The molecule has 0 bridgehead atoms. The van der Waals surface area contributed by atoms with E-state index in [0.29, 0.717) is 18.0 Å². The van der Waals surface area contributed by atoms with Crippen molar-refractivity contribution in [2.24, 2.45) is 0 Å². The highest BCUT2D eigenvalue weighted by Crippen LogP contribution is 2.11. The molecule has 0 aromatic heterocycles. The van der Waals surface area contributed by atoms with Crippen molar-refractivity contribution in [3.05, 3.63) is 34.9 Å². The molecule has 1 aromatic carbocycles. The Morgan fingerprint density at radius 3 is 2.30 bits per heavy atom. The van der Waals surface area contributed by atoms with Crippen molar-refractivity contribution in [3.63, 3.8) is 0 Å². The van der Waals surface area contributed by atoms with Crippen LogP contribution in [-0.2, 0) is 21.2 Å². The van der Waals surface area contributed by atoms with Crippen LogP contribution in [0.1, 0.15) is 25.3 Å². The lowest BCUT2D eigenvalue weighted by molar-refractivity contribution is -0.130. The fourth-order valence-corrected chi connectivity index (χ4v) is 2.95. The maximum absolute atomic E-state index is 12.2. The van der Waals surface area contributed by atoms with Gasteiger partial charge in [-0.05, 0) is 30.5 Å². The molecule has 0 aliphatic carbocycles. The minimum atomic E-state index is -3.43. The Morgan fingerprint density at radius 1 is 1.17 bits per heavy atom. The van der Waals surface area contributed by atoms with Gasteiger partial charge in [0.1, 0.15) is 0 Å². The number of nitrogens with zero attached hydrogens (tertiary/aromatic N) is 2. The summed E-state index contributed by atoms with van der Waals surface area (Å²) in [6, 6.07) is 7.26. The first-order valence-electron chi connectivity index (χ1n) is 7.67. The van der Waals surface area contributed by atoms with E-state index >= 15 is 0 Å². The summed E-state index contributed by atoms with van der Waals surface area (Å²) >= 11 is 5.84. The van der Waals surface area contributed by atoms with Crippen LogP contribution in [0.5, 0.6) is 0 Å². The van der Waals surface area contributed by atoms with Crippen LogP contribution in [0.25, 0.3) is 0 Å². The molecule has 0 aliphatic heterocycles. The van der Waals surface area contributed by atoms with E-state index in [-0.39, 0.29) is 19.0 Å². The lowest BCUT2D eigenvalue weighted by Crippen LogP contribution is -2.42. The summed E-state index contributed by atoms with van der Waals surface area (Å²) in [5.41, 5.74) is 0.981. The van der Waals surface area contributed by atoms with Gasteiger partial charge in [0.15, 0.2) is 0 Å². The summed E-state index contributed by atoms with van der Waals surface area (Å²) in [6.45, 7) is 2.85. The average molecular weight is 361 g/mol. The molecule has 5 nitrogen and oxygen atoms in total. The second-order valence-corrected chi connectivity index (χ2v) is 8.06. The second kappa shape index (κ2) is 9.25. The topological polar surface area (TPSA) is 57.7 Å². The third-order valence-corrected chi connectivity index (χ3v) is 5.12. The van der Waals surface area contributed by atoms with Crippen molar-refractivity contribution in [1.29, 1.82) is 0 Å². The van der Waals surface area contributed by atoms with E-state index in [0.717, 1.165) is 24.7 Å². The molecule has 0 fully saturated rings. The number of hydrogen-bond donors (Lipinski definition) is 0. The number of benzene rings is 1. The van der Waals surface area contributed by atoms with Crippen LogP contribution in [0.4, 0.5) is 0 Å². The summed E-state index contributed by atoms with van der Waals surface area (Å²) in [4.78, 5) is 13.8. The largest absolute Gasteiger partial charge is 0.345 e. The number of carbonyl (C=O) groups excluding carboxylic acids is 1. The number of carbonyl (C=O) groups is 1. The highest BCUT2D eigenvalue weighted by atomic mass is 35.5. The van der Waals surface area contributed by atoms with Crippen LogP contribution >= 0.6 is 11.6 Å². The molecule has 0 atom stereocenters. The Labute approximate surface area is 144 Å². The molecule has 23 heavy (non-hydrogen) atoms. The van der Waals surface area contributed by atoms with Crippen LogP contribution < -0.4 is 0 Å². The smallest absolute Gasteiger partial charge is 0.237 e. The molecule has 0 saturated carbocycles. The van der Waals surface area contributed by atoms with Crippen LogP contribution in [0.3, 0.4) is 0 Å². The monoisotopic (exact) mass is 360 g/mol. The molecular formula is C16H25ClN2O3S. The van der Waals surface area contributed by atoms with Gasteiger partial charge >= 0.3 is 0 Å². The van der Waals surface area contributed by atoms with E-state index < -0.39 is 10.0 Å². The van der Waals surface area contributed by atoms with Crippen LogP contribution in [-0.4, -0.2) is 56.5 Å². The van der Waals surface area contributed by atoms with Gasteiger partial charge in [0.2, 0.25) is 15.9 Å². The van der Waals surface area contributed by atoms with Gasteiger partial charge in [-0.2, -0.15) is 4.31 Å². The Hall–Kier alpha value is -1.11. The number of sulfonamides is 1. The zero-order valence-corrected chi connectivity index (χ0v) is 15.5. The van der Waals surface area contributed by atoms with E-state index in [1.54, 1.807) is 24.1 Å². The first kappa shape index (κ1) is 19.9. The normalized spacial score (nSPS) is 11.7. The summed E-state index contributed by atoms with van der Waals surface area (Å²) in [5, 5.41) is 0.640. The Bertz CT molecular complexity index is 602. The highest BCUT2D eigenvalue weighted by Gasteiger charge is 2.21. The van der Waals surface area contributed by atoms with Crippen molar-refractivity contribution in [1.82, 2.24) is 9.21 Å². The van der Waals surface area contributed by atoms with Gasteiger partial charge < -0.3 is 4.90 Å². The van der Waals surface area contributed by atoms with Gasteiger partial charge in [0.25, 0.3) is 0 Å². The molecule has 0 heterocycles. The van der Waals surface area contributed by atoms with Gasteiger partial charge in [-0.1, -0.05) is 37.1 Å². The predicted octanol–water partition coefficient (Wildman–Crippen LogP) is 2.40. The van der Waals surface area contributed by atoms with Crippen molar-refractivity contribution in [2.45, 2.75) is 26.2 Å². The molecule has 0 saturated heterocycles. The van der Waals surface area contributed by atoms with E-state index in [4.69, 9.17) is 11.6 Å². The number of rotatable bonds is 9. The van der Waals surface area contributed by atoms with Crippen molar-refractivity contribution < 1.29 is 13.2 Å². The first-order valence-corrected chi connectivity index (χ1v) is 9.90. The first-order chi connectivity index (χ1) is 10.7. The Kier molecular flexibility index (Phi) is 8.02. The molecule has 0 spiro atoms. The lowest BCUT2D eigenvalue weighted by atomic mass is 10.1. The zero-order valence-electron chi connectivity index (χ0n) is 14.0. The van der Waals surface area contributed by atoms with Crippen molar-refractivity contribution in [2.75, 3.05) is 32.9 Å². The Morgan fingerprint density at radius 2 is 1.78 bits per heavy atom. The number of halogens is 1. The standard InChI is InChI=1S/C16H25ClN2O3S/c1-4-5-11-18(2)16(20)13-19(23(3,21)22)12-10-14-6-8-15(17)9-7-14/h6-9H,4-5,10-13H2,1-3H3. The molecule has 0 N–H and O–H groups in total. The predicted molar refractivity (Wildman–Crippen MR) is 94.1 cm³/mol. The van der Waals surface area contributed by atoms with Gasteiger partial charge in [-0.15, -0.1) is 0 Å². The number of hydrogen-bond acceptors (Lipinski definition) is 3. The quantitative estimate of drug-likeness (QED) is 0.679. The third-order valence-electron chi connectivity index (χ3n) is 3.62. The third kappa shape index (κ3) is 7.33. The van der Waals surface area contributed by atoms with Crippen molar-refractivity contribution in [3.8, 4) is 0 Å². The Balaban J connectivity index is 2.66. The molecule has 1 rings (SSSR count). The maximum atomic E-state index is 12.2. The molecule has 7 heteroatoms.